The van der Waals surface area contributed by atoms with Gasteiger partial charge in [0.25, 0.3) is 0 Å². The topological polar surface area (TPSA) is 0 Å². The van der Waals surface area contributed by atoms with Crippen LogP contribution in [-0.2, 0) is 0 Å². The number of rotatable bonds is 3. The van der Waals surface area contributed by atoms with Gasteiger partial charge in [-0.1, -0.05) is 41.9 Å². The molecule has 11 heavy (non-hydrogen) atoms. The first-order chi connectivity index (χ1) is 5.18. The molecule has 0 spiro atoms. The van der Waals surface area contributed by atoms with Crippen LogP contribution in [0, 0.1) is 0 Å². The molecule has 0 aromatic carbocycles. The third kappa shape index (κ3) is 3.99. The molecule has 0 fully saturated rings. The first-order valence-electron chi connectivity index (χ1n) is 4.10. The summed E-state index contributed by atoms with van der Waals surface area (Å²) < 4.78 is 0. The van der Waals surface area contributed by atoms with Crippen LogP contribution in [0.5, 0.6) is 0 Å². The summed E-state index contributed by atoms with van der Waals surface area (Å²) in [4.78, 5) is 0. The van der Waals surface area contributed by atoms with E-state index < -0.39 is 8.07 Å². The Bertz CT molecular complexity index is 144. The summed E-state index contributed by atoms with van der Waals surface area (Å²) in [6.45, 7) is 8.57. The SMILES string of the molecule is CC=C[Si](C)(C=CC)C=CC. The summed E-state index contributed by atoms with van der Waals surface area (Å²) in [6, 6.07) is 0. The molecule has 0 radical (unpaired) electrons. The van der Waals surface area contributed by atoms with Crippen LogP contribution in [0.15, 0.2) is 35.3 Å². The van der Waals surface area contributed by atoms with Gasteiger partial charge in [0.2, 0.25) is 0 Å². The van der Waals surface area contributed by atoms with Gasteiger partial charge in [-0.15, -0.1) is 0 Å². The maximum Gasteiger partial charge on any atom is 0.122 e. The number of hydrogen-bond acceptors (Lipinski definition) is 0. The van der Waals surface area contributed by atoms with Crippen molar-refractivity contribution in [3.63, 3.8) is 0 Å². The summed E-state index contributed by atoms with van der Waals surface area (Å²) in [7, 11) is -1.29. The first-order valence-corrected chi connectivity index (χ1v) is 6.83. The second kappa shape index (κ2) is 5.14. The van der Waals surface area contributed by atoms with E-state index in [2.05, 4.69) is 62.6 Å². The Balaban J connectivity index is 4.51. The fraction of sp³-hybridized carbons (Fsp3) is 0.400. The normalized spacial score (nSPS) is 18.5. The monoisotopic (exact) mass is 166 g/mol. The van der Waals surface area contributed by atoms with Gasteiger partial charge in [0.05, 0.1) is 0 Å². The van der Waals surface area contributed by atoms with E-state index in [1.807, 2.05) is 0 Å². The smallest absolute Gasteiger partial charge is 0.0949 e. The first kappa shape index (κ1) is 10.4. The van der Waals surface area contributed by atoms with E-state index in [1.165, 1.54) is 0 Å². The molecule has 0 atom stereocenters. The van der Waals surface area contributed by atoms with Crippen molar-refractivity contribution in [1.82, 2.24) is 0 Å². The van der Waals surface area contributed by atoms with Crippen LogP contribution in [-0.4, -0.2) is 8.07 Å². The van der Waals surface area contributed by atoms with Crippen LogP contribution in [0.1, 0.15) is 20.8 Å². The zero-order valence-corrected chi connectivity index (χ0v) is 8.96. The molecule has 0 heterocycles. The quantitative estimate of drug-likeness (QED) is 0.564. The minimum atomic E-state index is -1.29. The van der Waals surface area contributed by atoms with Crippen molar-refractivity contribution in [2.24, 2.45) is 0 Å². The van der Waals surface area contributed by atoms with Gasteiger partial charge in [-0.2, -0.15) is 0 Å². The highest BCUT2D eigenvalue weighted by atomic mass is 28.3. The Kier molecular flexibility index (Phi) is 4.87. The number of hydrogen-bond donors (Lipinski definition) is 0. The summed E-state index contributed by atoms with van der Waals surface area (Å²) in [5.41, 5.74) is 6.98. The molecular weight excluding hydrogens is 148 g/mol. The maximum atomic E-state index is 2.33. The highest BCUT2D eigenvalue weighted by Gasteiger charge is 2.13. The van der Waals surface area contributed by atoms with Crippen LogP contribution in [0.25, 0.3) is 0 Å². The average molecular weight is 166 g/mol. The minimum Gasteiger partial charge on any atom is -0.0949 e. The van der Waals surface area contributed by atoms with Crippen LogP contribution in [0.4, 0.5) is 0 Å². The molecule has 0 rings (SSSR count). The highest BCUT2D eigenvalue weighted by Crippen LogP contribution is 2.08. The fourth-order valence-electron chi connectivity index (χ4n) is 1.24. The Hall–Kier alpha value is -0.563. The van der Waals surface area contributed by atoms with E-state index in [1.54, 1.807) is 0 Å². The second-order valence-corrected chi connectivity index (χ2v) is 6.60. The number of allylic oxidation sites excluding steroid dienone is 3. The molecule has 0 aliphatic rings. The fourth-order valence-corrected chi connectivity index (χ4v) is 3.73. The lowest BCUT2D eigenvalue weighted by Gasteiger charge is -2.12. The maximum absolute atomic E-state index is 2.33. The summed E-state index contributed by atoms with van der Waals surface area (Å²) >= 11 is 0. The lowest BCUT2D eigenvalue weighted by atomic mass is 10.8. The molecule has 0 aliphatic heterocycles. The average Bonchev–Trinajstić information content (AvgIpc) is 1.88. The van der Waals surface area contributed by atoms with E-state index in [-0.39, 0.29) is 0 Å². The van der Waals surface area contributed by atoms with Gasteiger partial charge in [0, 0.05) is 0 Å². The molecule has 1 heteroatoms. The molecule has 0 amide bonds. The summed E-state index contributed by atoms with van der Waals surface area (Å²) in [6.07, 6.45) is 6.44. The van der Waals surface area contributed by atoms with E-state index >= 15 is 0 Å². The lowest BCUT2D eigenvalue weighted by molar-refractivity contribution is 1.69. The Labute approximate surface area is 71.3 Å². The molecule has 0 N–H and O–H groups in total. The van der Waals surface area contributed by atoms with Gasteiger partial charge in [-0.25, -0.2) is 0 Å². The predicted molar refractivity (Wildman–Crippen MR) is 56.1 cm³/mol. The van der Waals surface area contributed by atoms with Crippen molar-refractivity contribution >= 4 is 8.07 Å². The molecule has 0 nitrogen and oxygen atoms in total. The van der Waals surface area contributed by atoms with Crippen molar-refractivity contribution in [3.05, 3.63) is 35.3 Å². The van der Waals surface area contributed by atoms with E-state index in [4.69, 9.17) is 0 Å². The van der Waals surface area contributed by atoms with Crippen LogP contribution in [0.2, 0.25) is 6.55 Å². The van der Waals surface area contributed by atoms with Gasteiger partial charge in [-0.3, -0.25) is 0 Å². The molecule has 0 saturated carbocycles. The standard InChI is InChI=1S/C10H18Si/c1-5-8-11(4,9-6-2)10-7-3/h5-10H,1-4H3. The molecular formula is C10H18Si. The van der Waals surface area contributed by atoms with Crippen LogP contribution in [0.3, 0.4) is 0 Å². The van der Waals surface area contributed by atoms with Crippen molar-refractivity contribution in [1.29, 1.82) is 0 Å². The van der Waals surface area contributed by atoms with Gasteiger partial charge in [-0.05, 0) is 20.8 Å². The third-order valence-corrected chi connectivity index (χ3v) is 4.73. The van der Waals surface area contributed by atoms with E-state index in [0.717, 1.165) is 0 Å². The predicted octanol–water partition coefficient (Wildman–Crippen LogP) is 3.41. The molecule has 0 aromatic rings. The van der Waals surface area contributed by atoms with Crippen LogP contribution >= 0.6 is 0 Å². The van der Waals surface area contributed by atoms with Gasteiger partial charge in [0.1, 0.15) is 8.07 Å². The zero-order chi connectivity index (χ0) is 8.74. The molecule has 0 bridgehead atoms. The van der Waals surface area contributed by atoms with Crippen molar-refractivity contribution in [3.8, 4) is 0 Å². The second-order valence-electron chi connectivity index (χ2n) is 2.87. The van der Waals surface area contributed by atoms with Crippen molar-refractivity contribution < 1.29 is 0 Å². The Morgan fingerprint density at radius 2 is 1.00 bits per heavy atom. The molecule has 0 saturated heterocycles. The summed E-state index contributed by atoms with van der Waals surface area (Å²) in [5, 5.41) is 0. The molecule has 0 aromatic heterocycles. The van der Waals surface area contributed by atoms with E-state index in [0.29, 0.717) is 0 Å². The Morgan fingerprint density at radius 3 is 1.18 bits per heavy atom. The molecule has 0 unspecified atom stereocenters. The molecule has 62 valence electrons. The van der Waals surface area contributed by atoms with Crippen molar-refractivity contribution in [2.45, 2.75) is 27.3 Å². The third-order valence-electron chi connectivity index (χ3n) is 1.58. The Morgan fingerprint density at radius 1 is 0.727 bits per heavy atom. The van der Waals surface area contributed by atoms with Gasteiger partial charge < -0.3 is 0 Å². The minimum absolute atomic E-state index is 1.29. The van der Waals surface area contributed by atoms with Crippen molar-refractivity contribution in [2.75, 3.05) is 0 Å². The largest absolute Gasteiger partial charge is 0.122 e. The van der Waals surface area contributed by atoms with Gasteiger partial charge >= 0.3 is 0 Å². The lowest BCUT2D eigenvalue weighted by Crippen LogP contribution is -2.21. The highest BCUT2D eigenvalue weighted by molar-refractivity contribution is 6.92. The zero-order valence-electron chi connectivity index (χ0n) is 7.96. The molecule has 0 aliphatic carbocycles. The summed E-state index contributed by atoms with van der Waals surface area (Å²) in [5.74, 6) is 0. The van der Waals surface area contributed by atoms with Gasteiger partial charge in [0.15, 0.2) is 0 Å². The van der Waals surface area contributed by atoms with Crippen LogP contribution < -0.4 is 0 Å². The van der Waals surface area contributed by atoms with E-state index in [9.17, 15) is 0 Å².